The molecule has 0 heterocycles. The monoisotopic (exact) mass is 482 g/mol. The van der Waals surface area contributed by atoms with Crippen LogP contribution >= 0.6 is 0 Å². The average molecular weight is 483 g/mol. The summed E-state index contributed by atoms with van der Waals surface area (Å²) < 4.78 is 0. The summed E-state index contributed by atoms with van der Waals surface area (Å²) in [6.45, 7) is 4.98. The minimum atomic E-state index is -1.18. The summed E-state index contributed by atoms with van der Waals surface area (Å²) in [6.07, 6.45) is 0.419. The number of hydrogen-bond acceptors (Lipinski definition) is 5. The number of rotatable bonds is 12. The van der Waals surface area contributed by atoms with Crippen LogP contribution in [0.2, 0.25) is 0 Å². The Morgan fingerprint density at radius 1 is 0.743 bits per heavy atom. The van der Waals surface area contributed by atoms with Gasteiger partial charge in [0.15, 0.2) is 0 Å². The Balaban J connectivity index is 1.95. The van der Waals surface area contributed by atoms with Gasteiger partial charge >= 0.3 is 5.97 Å². The van der Waals surface area contributed by atoms with Crippen LogP contribution in [-0.2, 0) is 32.0 Å². The van der Waals surface area contributed by atoms with Crippen molar-refractivity contribution in [1.29, 1.82) is 0 Å². The highest BCUT2D eigenvalue weighted by Crippen LogP contribution is 2.07. The third kappa shape index (κ3) is 8.86. The number of carbonyl (C=O) groups excluding carboxylic acids is 3. The molecule has 0 aliphatic carbocycles. The molecule has 0 aromatic heterocycles. The molecule has 9 heteroatoms. The van der Waals surface area contributed by atoms with Gasteiger partial charge in [-0.15, -0.1) is 0 Å². The van der Waals surface area contributed by atoms with Crippen LogP contribution in [0.4, 0.5) is 0 Å². The molecule has 35 heavy (non-hydrogen) atoms. The lowest BCUT2D eigenvalue weighted by Gasteiger charge is -2.25. The molecule has 4 atom stereocenters. The van der Waals surface area contributed by atoms with Crippen molar-refractivity contribution in [3.8, 4) is 0 Å². The average Bonchev–Trinajstić information content (AvgIpc) is 2.82. The first kappa shape index (κ1) is 27.5. The van der Waals surface area contributed by atoms with Gasteiger partial charge in [0.1, 0.15) is 18.1 Å². The van der Waals surface area contributed by atoms with Gasteiger partial charge in [-0.2, -0.15) is 0 Å². The number of carboxylic acids is 1. The number of amides is 3. The van der Waals surface area contributed by atoms with Crippen molar-refractivity contribution in [1.82, 2.24) is 16.0 Å². The fraction of sp³-hybridized carbons (Fsp3) is 0.385. The second-order valence-corrected chi connectivity index (χ2v) is 8.85. The van der Waals surface area contributed by atoms with E-state index in [9.17, 15) is 24.3 Å². The van der Waals surface area contributed by atoms with Gasteiger partial charge in [-0.25, -0.2) is 4.79 Å². The van der Waals surface area contributed by atoms with Crippen LogP contribution in [-0.4, -0.2) is 53.0 Å². The highest BCUT2D eigenvalue weighted by molar-refractivity contribution is 5.94. The van der Waals surface area contributed by atoms with Crippen molar-refractivity contribution in [2.24, 2.45) is 11.7 Å². The Kier molecular flexibility index (Phi) is 10.4. The molecule has 0 saturated heterocycles. The number of carbonyl (C=O) groups is 4. The molecule has 0 aliphatic heterocycles. The van der Waals surface area contributed by atoms with E-state index in [2.05, 4.69) is 16.0 Å². The minimum absolute atomic E-state index is 0.104. The molecule has 2 aromatic carbocycles. The smallest absolute Gasteiger partial charge is 0.326 e. The molecule has 4 unspecified atom stereocenters. The normalized spacial score (nSPS) is 14.3. The molecule has 0 fully saturated rings. The molecule has 0 spiro atoms. The molecule has 6 N–H and O–H groups in total. The molecular weight excluding hydrogens is 448 g/mol. The van der Waals surface area contributed by atoms with Gasteiger partial charge in [0, 0.05) is 6.42 Å². The van der Waals surface area contributed by atoms with Crippen molar-refractivity contribution >= 4 is 23.7 Å². The van der Waals surface area contributed by atoms with Crippen LogP contribution in [0.1, 0.15) is 31.9 Å². The summed E-state index contributed by atoms with van der Waals surface area (Å²) in [4.78, 5) is 49.7. The number of carboxylic acid groups (broad SMARTS) is 1. The zero-order valence-corrected chi connectivity index (χ0v) is 20.2. The summed E-state index contributed by atoms with van der Waals surface area (Å²) in [5.74, 6) is -3.13. The number of benzene rings is 2. The maximum absolute atomic E-state index is 12.9. The Morgan fingerprint density at radius 2 is 1.26 bits per heavy atom. The molecule has 2 rings (SSSR count). The highest BCUT2D eigenvalue weighted by atomic mass is 16.4. The van der Waals surface area contributed by atoms with Crippen LogP contribution in [0.5, 0.6) is 0 Å². The van der Waals surface area contributed by atoms with Gasteiger partial charge in [0.05, 0.1) is 6.04 Å². The van der Waals surface area contributed by atoms with E-state index in [1.807, 2.05) is 36.4 Å². The largest absolute Gasteiger partial charge is 0.480 e. The predicted molar refractivity (Wildman–Crippen MR) is 132 cm³/mol. The molecule has 2 aromatic rings. The summed E-state index contributed by atoms with van der Waals surface area (Å²) in [5.41, 5.74) is 7.68. The molecule has 0 radical (unpaired) electrons. The van der Waals surface area contributed by atoms with Gasteiger partial charge in [-0.05, 0) is 30.4 Å². The van der Waals surface area contributed by atoms with Crippen LogP contribution < -0.4 is 21.7 Å². The molecule has 3 amide bonds. The lowest BCUT2D eigenvalue weighted by Crippen LogP contribution is -2.58. The van der Waals surface area contributed by atoms with Crippen molar-refractivity contribution < 1.29 is 24.3 Å². The summed E-state index contributed by atoms with van der Waals surface area (Å²) in [6, 6.07) is 14.3. The third-order valence-corrected chi connectivity index (χ3v) is 5.53. The quantitative estimate of drug-likeness (QED) is 0.305. The van der Waals surface area contributed by atoms with E-state index in [0.717, 1.165) is 11.1 Å². The SMILES string of the molecule is CC(NC(=O)C(NC(=O)C(N)Cc1ccccc1)C(C)C)C(=O)NC(Cc1ccccc1)C(=O)O. The molecule has 0 aliphatic rings. The van der Waals surface area contributed by atoms with Crippen molar-refractivity contribution in [2.45, 2.75) is 57.8 Å². The third-order valence-electron chi connectivity index (χ3n) is 5.53. The number of nitrogens with one attached hydrogen (secondary N) is 3. The molecule has 9 nitrogen and oxygen atoms in total. The maximum atomic E-state index is 12.9. The van der Waals surface area contributed by atoms with E-state index >= 15 is 0 Å². The summed E-state index contributed by atoms with van der Waals surface area (Å²) in [5, 5.41) is 17.2. The van der Waals surface area contributed by atoms with Gasteiger partial charge in [-0.1, -0.05) is 74.5 Å². The highest BCUT2D eigenvalue weighted by Gasteiger charge is 2.30. The Labute approximate surface area is 205 Å². The Hall–Kier alpha value is -3.72. The Morgan fingerprint density at radius 3 is 1.74 bits per heavy atom. The standard InChI is InChI=1S/C26H34N4O5/c1-16(2)22(30-24(32)20(27)14-18-10-6-4-7-11-18)25(33)28-17(3)23(31)29-21(26(34)35)15-19-12-8-5-9-13-19/h4-13,16-17,20-22H,14-15,27H2,1-3H3,(H,28,33)(H,29,31)(H,30,32)(H,34,35). The van der Waals surface area contributed by atoms with Gasteiger partial charge in [0.25, 0.3) is 0 Å². The van der Waals surface area contributed by atoms with Crippen LogP contribution in [0.3, 0.4) is 0 Å². The van der Waals surface area contributed by atoms with E-state index in [1.165, 1.54) is 6.92 Å². The second-order valence-electron chi connectivity index (χ2n) is 8.85. The van der Waals surface area contributed by atoms with E-state index in [4.69, 9.17) is 5.73 Å². The van der Waals surface area contributed by atoms with Crippen molar-refractivity contribution in [3.05, 3.63) is 71.8 Å². The fourth-order valence-corrected chi connectivity index (χ4v) is 3.47. The first-order chi connectivity index (χ1) is 16.6. The second kappa shape index (κ2) is 13.2. The van der Waals surface area contributed by atoms with Crippen LogP contribution in [0.25, 0.3) is 0 Å². The van der Waals surface area contributed by atoms with Gasteiger partial charge < -0.3 is 26.8 Å². The van der Waals surface area contributed by atoms with Gasteiger partial charge in [0.2, 0.25) is 17.7 Å². The number of nitrogens with two attached hydrogens (primary N) is 1. The lowest BCUT2D eigenvalue weighted by atomic mass is 10.0. The van der Waals surface area contributed by atoms with Crippen molar-refractivity contribution in [2.75, 3.05) is 0 Å². The summed E-state index contributed by atoms with van der Waals surface area (Å²) in [7, 11) is 0. The fourth-order valence-electron chi connectivity index (χ4n) is 3.47. The van der Waals surface area contributed by atoms with Crippen molar-refractivity contribution in [3.63, 3.8) is 0 Å². The molecule has 0 bridgehead atoms. The van der Waals surface area contributed by atoms with E-state index in [-0.39, 0.29) is 12.3 Å². The predicted octanol–water partition coefficient (Wildman–Crippen LogP) is 1.01. The minimum Gasteiger partial charge on any atom is -0.480 e. The van der Waals surface area contributed by atoms with Crippen LogP contribution in [0.15, 0.2) is 60.7 Å². The summed E-state index contributed by atoms with van der Waals surface area (Å²) >= 11 is 0. The maximum Gasteiger partial charge on any atom is 0.326 e. The first-order valence-corrected chi connectivity index (χ1v) is 11.6. The van der Waals surface area contributed by atoms with E-state index < -0.39 is 47.9 Å². The van der Waals surface area contributed by atoms with Crippen LogP contribution in [0, 0.1) is 5.92 Å². The van der Waals surface area contributed by atoms with E-state index in [0.29, 0.717) is 6.42 Å². The topological polar surface area (TPSA) is 151 Å². The zero-order valence-electron chi connectivity index (χ0n) is 20.2. The Bertz CT molecular complexity index is 997. The first-order valence-electron chi connectivity index (χ1n) is 11.6. The molecule has 0 saturated carbocycles. The molecule has 188 valence electrons. The molecular formula is C26H34N4O5. The zero-order chi connectivity index (χ0) is 26.0. The number of aliphatic carboxylic acids is 1. The number of hydrogen-bond donors (Lipinski definition) is 5. The van der Waals surface area contributed by atoms with Gasteiger partial charge in [-0.3, -0.25) is 14.4 Å². The lowest BCUT2D eigenvalue weighted by molar-refractivity contribution is -0.142. The van der Waals surface area contributed by atoms with E-state index in [1.54, 1.807) is 38.1 Å².